The maximum Gasteiger partial charge on any atom is 0.303 e. The first kappa shape index (κ1) is 45.4. The Kier molecular flexibility index (Phi) is 15.6. The molecule has 0 fully saturated rings. The normalized spacial score (nSPS) is 17.4. The molecule has 0 unspecified atom stereocenters. The quantitative estimate of drug-likeness (QED) is 0.0597. The Labute approximate surface area is 358 Å². The van der Waals surface area contributed by atoms with Crippen LogP contribution in [-0.4, -0.2) is 80.9 Å². The number of hydrogen-bond donors (Lipinski definition) is 1. The first-order valence-electron chi connectivity index (χ1n) is 19.2. The molecule has 0 saturated carbocycles. The van der Waals surface area contributed by atoms with E-state index >= 15 is 4.79 Å². The molecule has 0 aromatic heterocycles. The van der Waals surface area contributed by atoms with E-state index in [2.05, 4.69) is 10.4 Å². The molecule has 1 aliphatic heterocycles. The monoisotopic (exact) mass is 852 g/mol. The summed E-state index contributed by atoms with van der Waals surface area (Å²) in [6.45, 7) is 4.28. The van der Waals surface area contributed by atoms with E-state index in [1.54, 1.807) is 78.9 Å². The van der Waals surface area contributed by atoms with Gasteiger partial charge in [0.15, 0.2) is 18.3 Å². The molecule has 1 N–H and O–H groups in total. The number of thioether (sulfide) groups is 1. The summed E-state index contributed by atoms with van der Waals surface area (Å²) in [6, 6.07) is 31.9. The molecule has 5 atom stereocenters. The van der Waals surface area contributed by atoms with Gasteiger partial charge in [-0.05, 0) is 59.7 Å². The number of nitrogens with one attached hydrogen (secondary N) is 1. The molecular formula is C45H48N4O11S. The van der Waals surface area contributed by atoms with Crippen LogP contribution in [0, 0.1) is 5.92 Å². The lowest BCUT2D eigenvalue weighted by molar-refractivity contribution is -0.193. The van der Waals surface area contributed by atoms with Crippen LogP contribution in [0.5, 0.6) is 11.5 Å². The fourth-order valence-corrected chi connectivity index (χ4v) is 8.43. The van der Waals surface area contributed by atoms with Crippen molar-refractivity contribution in [2.75, 3.05) is 33.2 Å². The van der Waals surface area contributed by atoms with Gasteiger partial charge in [-0.15, -0.1) is 0 Å². The summed E-state index contributed by atoms with van der Waals surface area (Å²) in [4.78, 5) is 68.9. The first-order valence-corrected chi connectivity index (χ1v) is 20.0. The third-order valence-corrected chi connectivity index (χ3v) is 11.2. The minimum atomic E-state index is -1.81. The van der Waals surface area contributed by atoms with Gasteiger partial charge in [0.25, 0.3) is 0 Å². The van der Waals surface area contributed by atoms with Gasteiger partial charge in [-0.2, -0.15) is 10.2 Å². The van der Waals surface area contributed by atoms with E-state index in [1.165, 1.54) is 14.2 Å². The lowest BCUT2D eigenvalue weighted by Gasteiger charge is -2.41. The van der Waals surface area contributed by atoms with Crippen LogP contribution in [-0.2, 0) is 54.2 Å². The number of nitrogens with zero attached hydrogens (tertiary/aromatic N) is 3. The van der Waals surface area contributed by atoms with Gasteiger partial charge in [0, 0.05) is 47.0 Å². The second kappa shape index (κ2) is 21.0. The highest BCUT2D eigenvalue weighted by molar-refractivity contribution is 8.04. The van der Waals surface area contributed by atoms with Gasteiger partial charge >= 0.3 is 23.9 Å². The standard InChI is InChI=1S/C45H48N4O11S/c1-28(50)57-27-38(58-29(2)51)41(59-30(3)52)42(60-31(4)53)39-40(48-47-35-20-24-37(56-7)25-21-35)43(49(5)26-32-14-10-8-11-15-32)61-45(39,33-16-12-9-13-17-33)44(54)46-34-18-22-36(55-6)23-19-34/h8-25,38-39,41-42H,26-27H2,1-7H3,(H,46,54)/t38-,39-,41-,42-,45-/m1/s1. The minimum absolute atomic E-state index is 0.158. The molecule has 4 aromatic rings. The minimum Gasteiger partial charge on any atom is -0.497 e. The molecule has 0 radical (unpaired) electrons. The molecule has 15 nitrogen and oxygen atoms in total. The van der Waals surface area contributed by atoms with Gasteiger partial charge < -0.3 is 38.6 Å². The van der Waals surface area contributed by atoms with Crippen LogP contribution in [0.4, 0.5) is 11.4 Å². The maximum atomic E-state index is 15.6. The maximum absolute atomic E-state index is 15.6. The third-order valence-electron chi connectivity index (χ3n) is 9.44. The zero-order valence-corrected chi connectivity index (χ0v) is 35.7. The molecular weight excluding hydrogens is 805 g/mol. The number of benzene rings is 4. The number of anilines is 1. The molecule has 16 heteroatoms. The fraction of sp³-hybridized carbons (Fsp3) is 0.311. The Bertz CT molecular complexity index is 2220. The van der Waals surface area contributed by atoms with E-state index in [-0.39, 0.29) is 5.70 Å². The van der Waals surface area contributed by atoms with E-state index in [1.807, 2.05) is 42.3 Å². The lowest BCUT2D eigenvalue weighted by atomic mass is 9.76. The Morgan fingerprint density at radius 3 is 1.80 bits per heavy atom. The second-order valence-electron chi connectivity index (χ2n) is 13.9. The van der Waals surface area contributed by atoms with Crippen molar-refractivity contribution in [1.29, 1.82) is 0 Å². The molecule has 61 heavy (non-hydrogen) atoms. The number of methoxy groups -OCH3 is 2. The van der Waals surface area contributed by atoms with Gasteiger partial charge in [0.2, 0.25) is 5.91 Å². The van der Waals surface area contributed by atoms with Gasteiger partial charge in [-0.25, -0.2) is 0 Å². The van der Waals surface area contributed by atoms with Crippen molar-refractivity contribution in [3.63, 3.8) is 0 Å². The molecule has 0 bridgehead atoms. The van der Waals surface area contributed by atoms with Crippen molar-refractivity contribution in [3.05, 3.63) is 131 Å². The van der Waals surface area contributed by atoms with E-state index in [0.717, 1.165) is 45.0 Å². The van der Waals surface area contributed by atoms with Crippen LogP contribution in [0.2, 0.25) is 0 Å². The van der Waals surface area contributed by atoms with E-state index < -0.39 is 65.4 Å². The highest BCUT2D eigenvalue weighted by Gasteiger charge is 2.63. The molecule has 0 saturated heterocycles. The van der Waals surface area contributed by atoms with Crippen LogP contribution < -0.4 is 14.8 Å². The fourth-order valence-electron chi connectivity index (χ4n) is 6.86. The number of amides is 1. The molecule has 5 rings (SSSR count). The van der Waals surface area contributed by atoms with Crippen molar-refractivity contribution < 1.29 is 52.4 Å². The highest BCUT2D eigenvalue weighted by atomic mass is 32.2. The summed E-state index contributed by atoms with van der Waals surface area (Å²) in [5.41, 5.74) is 2.34. The number of esters is 4. The van der Waals surface area contributed by atoms with Gasteiger partial charge in [-0.1, -0.05) is 72.4 Å². The predicted molar refractivity (Wildman–Crippen MR) is 227 cm³/mol. The van der Waals surface area contributed by atoms with Gasteiger partial charge in [0.1, 0.15) is 28.5 Å². The SMILES string of the molecule is COc1ccc(N=NC2=C(N(C)Cc3ccccc3)S[C@](C(=O)Nc3ccc(OC)cc3)(c3ccccc3)[C@H]2[C@@H](OC(C)=O)[C@H](OC(C)=O)[C@@H](COC(C)=O)OC(C)=O)cc1. The Balaban J connectivity index is 1.87. The summed E-state index contributed by atoms with van der Waals surface area (Å²) >= 11 is 1.14. The zero-order chi connectivity index (χ0) is 44.1. The van der Waals surface area contributed by atoms with Gasteiger partial charge in [-0.3, -0.25) is 24.0 Å². The van der Waals surface area contributed by atoms with E-state index in [9.17, 15) is 19.2 Å². The largest absolute Gasteiger partial charge is 0.497 e. The molecule has 4 aromatic carbocycles. The summed E-state index contributed by atoms with van der Waals surface area (Å²) in [6.07, 6.45) is -4.89. The number of hydrogen-bond acceptors (Lipinski definition) is 15. The van der Waals surface area contributed by atoms with E-state index in [0.29, 0.717) is 40.0 Å². The number of carbonyl (C=O) groups excluding carboxylic acids is 5. The Hall–Kier alpha value is -6.68. The number of ether oxygens (including phenoxy) is 6. The van der Waals surface area contributed by atoms with Crippen molar-refractivity contribution in [3.8, 4) is 11.5 Å². The van der Waals surface area contributed by atoms with Crippen molar-refractivity contribution >= 4 is 52.9 Å². The summed E-state index contributed by atoms with van der Waals surface area (Å²) in [7, 11) is 4.89. The first-order chi connectivity index (χ1) is 29.2. The average molecular weight is 853 g/mol. The lowest BCUT2D eigenvalue weighted by Crippen LogP contribution is -2.56. The zero-order valence-electron chi connectivity index (χ0n) is 34.9. The number of rotatable bonds is 18. The van der Waals surface area contributed by atoms with Crippen LogP contribution in [0.1, 0.15) is 38.8 Å². The molecule has 1 heterocycles. The van der Waals surface area contributed by atoms with Crippen molar-refractivity contribution in [2.45, 2.75) is 57.3 Å². The molecule has 1 aliphatic rings. The van der Waals surface area contributed by atoms with Crippen molar-refractivity contribution in [2.24, 2.45) is 16.1 Å². The van der Waals surface area contributed by atoms with Crippen LogP contribution >= 0.6 is 11.8 Å². The molecule has 0 spiro atoms. The molecule has 0 aliphatic carbocycles. The van der Waals surface area contributed by atoms with E-state index in [4.69, 9.17) is 33.5 Å². The topological polar surface area (TPSA) is 181 Å². The highest BCUT2D eigenvalue weighted by Crippen LogP contribution is 2.60. The number of carbonyl (C=O) groups is 5. The number of azo groups is 1. The van der Waals surface area contributed by atoms with Crippen LogP contribution in [0.3, 0.4) is 0 Å². The van der Waals surface area contributed by atoms with Crippen molar-refractivity contribution in [1.82, 2.24) is 4.90 Å². The summed E-state index contributed by atoms with van der Waals surface area (Å²) < 4.78 is 32.0. The Morgan fingerprint density at radius 2 is 1.26 bits per heavy atom. The third kappa shape index (κ3) is 11.5. The average Bonchev–Trinajstić information content (AvgIpc) is 3.59. The Morgan fingerprint density at radius 1 is 0.705 bits per heavy atom. The second-order valence-corrected chi connectivity index (χ2v) is 15.1. The smallest absolute Gasteiger partial charge is 0.303 e. The molecule has 1 amide bonds. The predicted octanol–water partition coefficient (Wildman–Crippen LogP) is 7.34. The van der Waals surface area contributed by atoms with Gasteiger partial charge in [0.05, 0.1) is 30.9 Å². The summed E-state index contributed by atoms with van der Waals surface area (Å²) in [5.74, 6) is -4.06. The van der Waals surface area contributed by atoms with Crippen LogP contribution in [0.15, 0.2) is 130 Å². The molecule has 320 valence electrons. The summed E-state index contributed by atoms with van der Waals surface area (Å²) in [5, 5.41) is 13.0. The van der Waals surface area contributed by atoms with Crippen LogP contribution in [0.25, 0.3) is 0 Å².